The third-order valence-electron chi connectivity index (χ3n) is 3.60. The molecule has 0 radical (unpaired) electrons. The summed E-state index contributed by atoms with van der Waals surface area (Å²) < 4.78 is 0. The minimum atomic E-state index is -0.999. The summed E-state index contributed by atoms with van der Waals surface area (Å²) in [6.07, 6.45) is 4.62. The fraction of sp³-hybridized carbons (Fsp3) is 0.846. The van der Waals surface area contributed by atoms with Crippen LogP contribution in [0.1, 0.15) is 39.5 Å². The normalized spacial score (nSPS) is 20.6. The molecule has 0 spiro atoms. The summed E-state index contributed by atoms with van der Waals surface area (Å²) in [5.74, 6) is -0.585. The van der Waals surface area contributed by atoms with Crippen molar-refractivity contribution in [3.05, 3.63) is 0 Å². The Bertz CT molecular complexity index is 300. The number of carbonyl (C=O) groups excluding carboxylic acids is 1. The SMILES string of the molecule is CCCC(C)C1CCCN1CC(=O)NCC(=O)O.Cl. The molecule has 112 valence electrons. The second kappa shape index (κ2) is 9.15. The van der Waals surface area contributed by atoms with E-state index in [1.54, 1.807) is 0 Å². The number of nitrogens with one attached hydrogen (secondary N) is 1. The number of carboxylic acid groups (broad SMARTS) is 1. The van der Waals surface area contributed by atoms with E-state index in [-0.39, 0.29) is 24.9 Å². The number of nitrogens with zero attached hydrogens (tertiary/aromatic N) is 1. The zero-order valence-corrected chi connectivity index (χ0v) is 12.5. The fourth-order valence-electron chi connectivity index (χ4n) is 2.75. The molecular formula is C13H25ClN2O3. The summed E-state index contributed by atoms with van der Waals surface area (Å²) in [4.78, 5) is 24.2. The van der Waals surface area contributed by atoms with Gasteiger partial charge in [0.1, 0.15) is 6.54 Å². The van der Waals surface area contributed by atoms with Crippen molar-refractivity contribution in [2.24, 2.45) is 5.92 Å². The first-order chi connectivity index (χ1) is 8.54. The van der Waals surface area contributed by atoms with Crippen LogP contribution in [0.2, 0.25) is 0 Å². The van der Waals surface area contributed by atoms with Crippen LogP contribution in [0.5, 0.6) is 0 Å². The molecule has 1 aliphatic heterocycles. The van der Waals surface area contributed by atoms with E-state index in [0.717, 1.165) is 25.8 Å². The molecule has 0 aromatic heterocycles. The Labute approximate surface area is 121 Å². The van der Waals surface area contributed by atoms with Crippen molar-refractivity contribution >= 4 is 24.3 Å². The van der Waals surface area contributed by atoms with Crippen molar-refractivity contribution < 1.29 is 14.7 Å². The van der Waals surface area contributed by atoms with Crippen LogP contribution in [0.3, 0.4) is 0 Å². The monoisotopic (exact) mass is 292 g/mol. The summed E-state index contributed by atoms with van der Waals surface area (Å²) in [5, 5.41) is 10.9. The van der Waals surface area contributed by atoms with E-state index >= 15 is 0 Å². The summed E-state index contributed by atoms with van der Waals surface area (Å²) >= 11 is 0. The number of carbonyl (C=O) groups is 2. The van der Waals surface area contributed by atoms with E-state index in [9.17, 15) is 9.59 Å². The van der Waals surface area contributed by atoms with Gasteiger partial charge in [0.15, 0.2) is 0 Å². The number of carboxylic acids is 1. The van der Waals surface area contributed by atoms with Crippen molar-refractivity contribution in [3.8, 4) is 0 Å². The highest BCUT2D eigenvalue weighted by atomic mass is 35.5. The largest absolute Gasteiger partial charge is 0.480 e. The minimum Gasteiger partial charge on any atom is -0.480 e. The Hall–Kier alpha value is -0.810. The number of aliphatic carboxylic acids is 1. The topological polar surface area (TPSA) is 69.6 Å². The van der Waals surface area contributed by atoms with E-state index in [0.29, 0.717) is 18.5 Å². The van der Waals surface area contributed by atoms with Crippen molar-refractivity contribution in [1.29, 1.82) is 0 Å². The molecule has 2 atom stereocenters. The number of amides is 1. The van der Waals surface area contributed by atoms with Gasteiger partial charge in [-0.05, 0) is 31.7 Å². The van der Waals surface area contributed by atoms with Gasteiger partial charge in [0.25, 0.3) is 0 Å². The van der Waals surface area contributed by atoms with Crippen LogP contribution >= 0.6 is 12.4 Å². The molecule has 0 saturated carbocycles. The third-order valence-corrected chi connectivity index (χ3v) is 3.60. The molecule has 2 N–H and O–H groups in total. The lowest BCUT2D eigenvalue weighted by Crippen LogP contribution is -2.43. The number of likely N-dealkylation sites (tertiary alicyclic amines) is 1. The maximum Gasteiger partial charge on any atom is 0.322 e. The van der Waals surface area contributed by atoms with E-state index in [4.69, 9.17) is 5.11 Å². The smallest absolute Gasteiger partial charge is 0.322 e. The first kappa shape index (κ1) is 18.2. The molecule has 1 heterocycles. The molecule has 6 heteroatoms. The molecule has 5 nitrogen and oxygen atoms in total. The molecule has 0 aliphatic carbocycles. The predicted octanol–water partition coefficient (Wildman–Crippen LogP) is 1.51. The van der Waals surface area contributed by atoms with Gasteiger partial charge in [-0.3, -0.25) is 14.5 Å². The summed E-state index contributed by atoms with van der Waals surface area (Å²) in [6.45, 7) is 5.39. The molecule has 19 heavy (non-hydrogen) atoms. The Morgan fingerprint density at radius 3 is 2.74 bits per heavy atom. The van der Waals surface area contributed by atoms with Crippen LogP contribution in [-0.2, 0) is 9.59 Å². The van der Waals surface area contributed by atoms with Crippen LogP contribution in [0.15, 0.2) is 0 Å². The molecule has 1 aliphatic rings. The average molecular weight is 293 g/mol. The second-order valence-electron chi connectivity index (χ2n) is 5.12. The lowest BCUT2D eigenvalue weighted by atomic mass is 9.95. The molecule has 1 fully saturated rings. The minimum absolute atomic E-state index is 0. The van der Waals surface area contributed by atoms with Gasteiger partial charge in [0, 0.05) is 6.04 Å². The molecule has 1 rings (SSSR count). The fourth-order valence-corrected chi connectivity index (χ4v) is 2.75. The second-order valence-corrected chi connectivity index (χ2v) is 5.12. The zero-order chi connectivity index (χ0) is 13.5. The average Bonchev–Trinajstić information content (AvgIpc) is 2.75. The number of halogens is 1. The zero-order valence-electron chi connectivity index (χ0n) is 11.7. The van der Waals surface area contributed by atoms with E-state index in [1.165, 1.54) is 6.42 Å². The number of rotatable bonds is 7. The van der Waals surface area contributed by atoms with Crippen LogP contribution in [0.4, 0.5) is 0 Å². The molecule has 0 aromatic rings. The van der Waals surface area contributed by atoms with Crippen LogP contribution in [-0.4, -0.2) is 47.6 Å². The van der Waals surface area contributed by atoms with Gasteiger partial charge in [-0.25, -0.2) is 0 Å². The van der Waals surface area contributed by atoms with Crippen molar-refractivity contribution in [2.75, 3.05) is 19.6 Å². The van der Waals surface area contributed by atoms with Gasteiger partial charge in [-0.15, -0.1) is 12.4 Å². The van der Waals surface area contributed by atoms with Crippen molar-refractivity contribution in [2.45, 2.75) is 45.6 Å². The number of hydrogen-bond donors (Lipinski definition) is 2. The Balaban J connectivity index is 0.00000324. The molecule has 2 unspecified atom stereocenters. The van der Waals surface area contributed by atoms with Crippen molar-refractivity contribution in [1.82, 2.24) is 10.2 Å². The maximum atomic E-state index is 11.6. The van der Waals surface area contributed by atoms with Gasteiger partial charge in [0.05, 0.1) is 6.54 Å². The van der Waals surface area contributed by atoms with Gasteiger partial charge in [0.2, 0.25) is 5.91 Å². The highest BCUT2D eigenvalue weighted by molar-refractivity contribution is 5.85. The Morgan fingerprint density at radius 2 is 2.16 bits per heavy atom. The van der Waals surface area contributed by atoms with Crippen LogP contribution < -0.4 is 5.32 Å². The van der Waals surface area contributed by atoms with E-state index in [2.05, 4.69) is 24.1 Å². The van der Waals surface area contributed by atoms with Gasteiger partial charge in [-0.1, -0.05) is 20.3 Å². The van der Waals surface area contributed by atoms with Crippen LogP contribution in [0, 0.1) is 5.92 Å². The third kappa shape index (κ3) is 6.25. The summed E-state index contributed by atoms with van der Waals surface area (Å²) in [6, 6.07) is 0.473. The summed E-state index contributed by atoms with van der Waals surface area (Å²) in [7, 11) is 0. The maximum absolute atomic E-state index is 11.6. The number of hydrogen-bond acceptors (Lipinski definition) is 3. The molecule has 0 bridgehead atoms. The molecule has 1 amide bonds. The van der Waals surface area contributed by atoms with Crippen molar-refractivity contribution in [3.63, 3.8) is 0 Å². The van der Waals surface area contributed by atoms with E-state index in [1.807, 2.05) is 0 Å². The standard InChI is InChI=1S/C13H24N2O3.ClH/c1-3-5-10(2)11-6-4-7-15(11)9-12(16)14-8-13(17)18;/h10-11H,3-9H2,1-2H3,(H,14,16)(H,17,18);1H. The van der Waals surface area contributed by atoms with Gasteiger partial charge >= 0.3 is 5.97 Å². The molecule has 1 saturated heterocycles. The molecule has 0 aromatic carbocycles. The summed E-state index contributed by atoms with van der Waals surface area (Å²) in [5.41, 5.74) is 0. The predicted molar refractivity (Wildman–Crippen MR) is 76.6 cm³/mol. The lowest BCUT2D eigenvalue weighted by Gasteiger charge is -2.28. The highest BCUT2D eigenvalue weighted by Gasteiger charge is 2.29. The Kier molecular flexibility index (Phi) is 8.76. The Morgan fingerprint density at radius 1 is 1.47 bits per heavy atom. The van der Waals surface area contributed by atoms with E-state index < -0.39 is 5.97 Å². The van der Waals surface area contributed by atoms with Gasteiger partial charge in [-0.2, -0.15) is 0 Å². The highest BCUT2D eigenvalue weighted by Crippen LogP contribution is 2.26. The van der Waals surface area contributed by atoms with Crippen LogP contribution in [0.25, 0.3) is 0 Å². The molecular weight excluding hydrogens is 268 g/mol. The first-order valence-electron chi connectivity index (χ1n) is 6.77. The first-order valence-corrected chi connectivity index (χ1v) is 6.77. The quantitative estimate of drug-likeness (QED) is 0.746. The lowest BCUT2D eigenvalue weighted by molar-refractivity contribution is -0.138. The van der Waals surface area contributed by atoms with Gasteiger partial charge < -0.3 is 10.4 Å².